The highest BCUT2D eigenvalue weighted by atomic mass is 16.5. The molecule has 0 aromatic heterocycles. The van der Waals surface area contributed by atoms with Crippen LogP contribution in [0.4, 0.5) is 0 Å². The van der Waals surface area contributed by atoms with Gasteiger partial charge in [0.25, 0.3) is 0 Å². The first-order chi connectivity index (χ1) is 8.13. The van der Waals surface area contributed by atoms with Gasteiger partial charge in [0.1, 0.15) is 6.29 Å². The summed E-state index contributed by atoms with van der Waals surface area (Å²) in [6.07, 6.45) is 7.72. The Balaban J connectivity index is 1.95. The van der Waals surface area contributed by atoms with Crippen molar-refractivity contribution in [2.24, 2.45) is 5.41 Å². The molecular weight excluding hydrogens is 214 g/mol. The molecule has 3 heteroatoms. The molecule has 2 unspecified atom stereocenters. The molecule has 17 heavy (non-hydrogen) atoms. The molecule has 0 amide bonds. The molecule has 3 nitrogen and oxygen atoms in total. The number of aldehydes is 1. The van der Waals surface area contributed by atoms with E-state index in [1.165, 1.54) is 25.5 Å². The van der Waals surface area contributed by atoms with Crippen molar-refractivity contribution in [2.75, 3.05) is 19.6 Å². The molecule has 0 N–H and O–H groups in total. The van der Waals surface area contributed by atoms with E-state index in [9.17, 15) is 4.79 Å². The first-order valence-corrected chi connectivity index (χ1v) is 6.98. The monoisotopic (exact) mass is 239 g/mol. The Kier molecular flexibility index (Phi) is 4.21. The zero-order valence-corrected chi connectivity index (χ0v) is 11.2. The van der Waals surface area contributed by atoms with Crippen LogP contribution in [0.25, 0.3) is 0 Å². The molecule has 1 aliphatic carbocycles. The van der Waals surface area contributed by atoms with Crippen LogP contribution in [0.2, 0.25) is 0 Å². The quantitative estimate of drug-likeness (QED) is 0.707. The van der Waals surface area contributed by atoms with E-state index in [4.69, 9.17) is 4.74 Å². The Morgan fingerprint density at radius 1 is 1.18 bits per heavy atom. The van der Waals surface area contributed by atoms with Crippen LogP contribution in [0.1, 0.15) is 46.0 Å². The summed E-state index contributed by atoms with van der Waals surface area (Å²) < 4.78 is 5.74. The van der Waals surface area contributed by atoms with Crippen LogP contribution in [0.5, 0.6) is 0 Å². The van der Waals surface area contributed by atoms with E-state index < -0.39 is 0 Å². The van der Waals surface area contributed by atoms with Crippen molar-refractivity contribution < 1.29 is 9.53 Å². The fraction of sp³-hybridized carbons (Fsp3) is 0.929. The van der Waals surface area contributed by atoms with Gasteiger partial charge in [-0.25, -0.2) is 0 Å². The normalized spacial score (nSPS) is 34.5. The number of carbonyl (C=O) groups excluding carboxylic acids is 1. The maximum atomic E-state index is 11.5. The van der Waals surface area contributed by atoms with Crippen molar-refractivity contribution >= 4 is 6.29 Å². The van der Waals surface area contributed by atoms with Crippen LogP contribution in [0.3, 0.4) is 0 Å². The Labute approximate surface area is 105 Å². The van der Waals surface area contributed by atoms with E-state index in [1.54, 1.807) is 0 Å². The van der Waals surface area contributed by atoms with E-state index in [1.807, 2.05) is 0 Å². The van der Waals surface area contributed by atoms with Gasteiger partial charge in [0, 0.05) is 25.0 Å². The second-order valence-electron chi connectivity index (χ2n) is 5.99. The lowest BCUT2D eigenvalue weighted by molar-refractivity contribution is -0.123. The highest BCUT2D eigenvalue weighted by Crippen LogP contribution is 2.35. The highest BCUT2D eigenvalue weighted by Gasteiger charge is 2.35. The minimum Gasteiger partial charge on any atom is -0.373 e. The Hall–Kier alpha value is -0.410. The van der Waals surface area contributed by atoms with E-state index in [2.05, 4.69) is 18.7 Å². The van der Waals surface area contributed by atoms with Gasteiger partial charge in [-0.2, -0.15) is 0 Å². The minimum absolute atomic E-state index is 0.0605. The first-order valence-electron chi connectivity index (χ1n) is 6.98. The molecule has 1 aliphatic heterocycles. The molecule has 0 bridgehead atoms. The highest BCUT2D eigenvalue weighted by molar-refractivity contribution is 5.60. The summed E-state index contributed by atoms with van der Waals surface area (Å²) in [5.41, 5.74) is -0.0605. The second-order valence-corrected chi connectivity index (χ2v) is 5.99. The average Bonchev–Trinajstić information content (AvgIpc) is 2.29. The van der Waals surface area contributed by atoms with Crippen LogP contribution >= 0.6 is 0 Å². The number of hydrogen-bond acceptors (Lipinski definition) is 3. The Morgan fingerprint density at radius 3 is 2.29 bits per heavy atom. The zero-order chi connectivity index (χ0) is 12.3. The third-order valence-electron chi connectivity index (χ3n) is 4.13. The van der Waals surface area contributed by atoms with Crippen molar-refractivity contribution in [3.05, 3.63) is 0 Å². The molecule has 1 saturated heterocycles. The third kappa shape index (κ3) is 3.29. The smallest absolute Gasteiger partial charge is 0.127 e. The van der Waals surface area contributed by atoms with E-state index in [0.717, 1.165) is 32.5 Å². The SMILES string of the molecule is CC1CN(CC2(C=O)CCCCC2)CC(C)O1. The fourth-order valence-electron chi connectivity index (χ4n) is 3.43. The molecular formula is C14H25NO2. The number of carbonyl (C=O) groups is 1. The zero-order valence-electron chi connectivity index (χ0n) is 11.2. The lowest BCUT2D eigenvalue weighted by Gasteiger charge is -2.41. The molecule has 2 rings (SSSR count). The predicted octanol–water partition coefficient (Wildman–Crippen LogP) is 2.25. The summed E-state index contributed by atoms with van der Waals surface area (Å²) in [4.78, 5) is 13.9. The fourth-order valence-corrected chi connectivity index (χ4v) is 3.43. The molecule has 0 aromatic rings. The van der Waals surface area contributed by atoms with E-state index in [0.29, 0.717) is 12.2 Å². The average molecular weight is 239 g/mol. The van der Waals surface area contributed by atoms with E-state index in [-0.39, 0.29) is 5.41 Å². The molecule has 98 valence electrons. The van der Waals surface area contributed by atoms with Crippen LogP contribution in [-0.4, -0.2) is 43.0 Å². The molecule has 1 saturated carbocycles. The lowest BCUT2D eigenvalue weighted by atomic mass is 9.74. The van der Waals surface area contributed by atoms with Gasteiger partial charge in [-0.05, 0) is 26.7 Å². The molecule has 2 atom stereocenters. The summed E-state index contributed by atoms with van der Waals surface area (Å²) in [6.45, 7) is 7.13. The number of morpholine rings is 1. The lowest BCUT2D eigenvalue weighted by Crippen LogP contribution is -2.50. The van der Waals surface area contributed by atoms with Gasteiger partial charge in [-0.1, -0.05) is 19.3 Å². The van der Waals surface area contributed by atoms with Crippen molar-refractivity contribution in [3.63, 3.8) is 0 Å². The van der Waals surface area contributed by atoms with Gasteiger partial charge in [-0.15, -0.1) is 0 Å². The summed E-state index contributed by atoms with van der Waals surface area (Å²) in [7, 11) is 0. The topological polar surface area (TPSA) is 29.5 Å². The number of ether oxygens (including phenoxy) is 1. The van der Waals surface area contributed by atoms with Crippen molar-refractivity contribution in [3.8, 4) is 0 Å². The van der Waals surface area contributed by atoms with Crippen LogP contribution in [-0.2, 0) is 9.53 Å². The molecule has 1 heterocycles. The van der Waals surface area contributed by atoms with Gasteiger partial charge in [0.05, 0.1) is 12.2 Å². The van der Waals surface area contributed by atoms with E-state index >= 15 is 0 Å². The van der Waals surface area contributed by atoms with Gasteiger partial charge < -0.3 is 9.53 Å². The Morgan fingerprint density at radius 2 is 1.76 bits per heavy atom. The maximum absolute atomic E-state index is 11.5. The Bertz CT molecular complexity index is 251. The number of nitrogens with zero attached hydrogens (tertiary/aromatic N) is 1. The number of hydrogen-bond donors (Lipinski definition) is 0. The van der Waals surface area contributed by atoms with Crippen LogP contribution in [0.15, 0.2) is 0 Å². The molecule has 2 aliphatic rings. The van der Waals surface area contributed by atoms with Crippen LogP contribution < -0.4 is 0 Å². The van der Waals surface area contributed by atoms with Crippen molar-refractivity contribution in [2.45, 2.75) is 58.2 Å². The maximum Gasteiger partial charge on any atom is 0.127 e. The van der Waals surface area contributed by atoms with Crippen LogP contribution in [0, 0.1) is 5.41 Å². The summed E-state index contributed by atoms with van der Waals surface area (Å²) in [6, 6.07) is 0. The molecule has 0 radical (unpaired) electrons. The van der Waals surface area contributed by atoms with Crippen molar-refractivity contribution in [1.82, 2.24) is 4.90 Å². The van der Waals surface area contributed by atoms with Gasteiger partial charge >= 0.3 is 0 Å². The molecule has 2 fully saturated rings. The van der Waals surface area contributed by atoms with Gasteiger partial charge in [0.15, 0.2) is 0 Å². The minimum atomic E-state index is -0.0605. The summed E-state index contributed by atoms with van der Waals surface area (Å²) in [5.74, 6) is 0. The largest absolute Gasteiger partial charge is 0.373 e. The standard InChI is InChI=1S/C14H25NO2/c1-12-8-15(9-13(2)17-12)10-14(11-16)6-4-3-5-7-14/h11-13H,3-10H2,1-2H3. The summed E-state index contributed by atoms with van der Waals surface area (Å²) >= 11 is 0. The molecule has 0 spiro atoms. The van der Waals surface area contributed by atoms with Crippen molar-refractivity contribution in [1.29, 1.82) is 0 Å². The first kappa shape index (κ1) is 13.0. The second kappa shape index (κ2) is 5.49. The van der Waals surface area contributed by atoms with Gasteiger partial charge in [0.2, 0.25) is 0 Å². The third-order valence-corrected chi connectivity index (χ3v) is 4.13. The van der Waals surface area contributed by atoms with Gasteiger partial charge in [-0.3, -0.25) is 4.90 Å². The number of rotatable bonds is 3. The molecule has 0 aromatic carbocycles. The summed E-state index contributed by atoms with van der Waals surface area (Å²) in [5, 5.41) is 0. The predicted molar refractivity (Wildman–Crippen MR) is 68.0 cm³/mol.